The summed E-state index contributed by atoms with van der Waals surface area (Å²) in [5.74, 6) is 1.34. The Bertz CT molecular complexity index is 85.3. The molecule has 1 heteroatoms. The Hall–Kier alpha value is -0.0400. The van der Waals surface area contributed by atoms with Crippen molar-refractivity contribution >= 4 is 0 Å². The van der Waals surface area contributed by atoms with Crippen LogP contribution in [0.25, 0.3) is 0 Å². The SMILES string of the molecule is [CH]1[CH][CH][C](C2CCCO2)[CH]1. The van der Waals surface area contributed by atoms with Crippen molar-refractivity contribution in [2.24, 2.45) is 0 Å². The minimum Gasteiger partial charge on any atom is -0.378 e. The topological polar surface area (TPSA) is 9.23 Å². The largest absolute Gasteiger partial charge is 0.378 e. The van der Waals surface area contributed by atoms with Crippen LogP contribution in [0.2, 0.25) is 0 Å². The van der Waals surface area contributed by atoms with Gasteiger partial charge in [0.2, 0.25) is 0 Å². The Kier molecular flexibility index (Phi) is 1.94. The molecular weight excluding hydrogens is 124 g/mol. The maximum Gasteiger partial charge on any atom is 0.0644 e. The zero-order chi connectivity index (χ0) is 6.81. The van der Waals surface area contributed by atoms with E-state index in [1.54, 1.807) is 0 Å². The number of hydrogen-bond donors (Lipinski definition) is 0. The van der Waals surface area contributed by atoms with E-state index in [1.165, 1.54) is 18.8 Å². The summed E-state index contributed by atoms with van der Waals surface area (Å²) in [6.07, 6.45) is 11.2. The summed E-state index contributed by atoms with van der Waals surface area (Å²) >= 11 is 0. The summed E-state index contributed by atoms with van der Waals surface area (Å²) in [5.41, 5.74) is 0. The fraction of sp³-hybridized carbons (Fsp3) is 0.444. The van der Waals surface area contributed by atoms with Crippen molar-refractivity contribution in [2.45, 2.75) is 18.9 Å². The van der Waals surface area contributed by atoms with Crippen LogP contribution in [-0.4, -0.2) is 12.7 Å². The fourth-order valence-electron chi connectivity index (χ4n) is 1.44. The Morgan fingerprint density at radius 3 is 2.70 bits per heavy atom. The first-order chi connectivity index (χ1) is 4.97. The van der Waals surface area contributed by atoms with E-state index in [1.807, 2.05) is 0 Å². The van der Waals surface area contributed by atoms with Crippen molar-refractivity contribution in [3.05, 3.63) is 31.6 Å². The average molecular weight is 135 g/mol. The van der Waals surface area contributed by atoms with Crippen LogP contribution in [0.1, 0.15) is 12.8 Å². The molecule has 0 amide bonds. The average Bonchev–Trinajstić information content (AvgIpc) is 2.59. The van der Waals surface area contributed by atoms with E-state index >= 15 is 0 Å². The third-order valence-corrected chi connectivity index (χ3v) is 1.99. The minimum atomic E-state index is 0.398. The first-order valence-electron chi connectivity index (χ1n) is 3.80. The van der Waals surface area contributed by atoms with Crippen LogP contribution < -0.4 is 0 Å². The Morgan fingerprint density at radius 2 is 2.10 bits per heavy atom. The smallest absolute Gasteiger partial charge is 0.0644 e. The molecule has 10 heavy (non-hydrogen) atoms. The lowest BCUT2D eigenvalue weighted by Gasteiger charge is -2.14. The normalized spacial score (nSPS) is 35.4. The van der Waals surface area contributed by atoms with Gasteiger partial charge in [-0.3, -0.25) is 0 Å². The van der Waals surface area contributed by atoms with Crippen LogP contribution in [0.5, 0.6) is 0 Å². The van der Waals surface area contributed by atoms with Crippen molar-refractivity contribution in [1.29, 1.82) is 0 Å². The molecule has 0 aromatic heterocycles. The van der Waals surface area contributed by atoms with Gasteiger partial charge in [0.25, 0.3) is 0 Å². The first-order valence-corrected chi connectivity index (χ1v) is 3.80. The molecule has 0 aromatic carbocycles. The molecule has 0 bridgehead atoms. The van der Waals surface area contributed by atoms with Gasteiger partial charge in [-0.1, -0.05) is 0 Å². The summed E-state index contributed by atoms with van der Waals surface area (Å²) in [6.45, 7) is 0.940. The van der Waals surface area contributed by atoms with Gasteiger partial charge in [0, 0.05) is 12.5 Å². The summed E-state index contributed by atoms with van der Waals surface area (Å²) in [5, 5.41) is 0. The number of rotatable bonds is 1. The second-order valence-electron chi connectivity index (χ2n) is 2.72. The predicted octanol–water partition coefficient (Wildman–Crippen LogP) is 1.57. The molecule has 0 N–H and O–H groups in total. The van der Waals surface area contributed by atoms with E-state index in [9.17, 15) is 0 Å². The van der Waals surface area contributed by atoms with E-state index in [0.29, 0.717) is 6.10 Å². The molecule has 1 aliphatic carbocycles. The van der Waals surface area contributed by atoms with Gasteiger partial charge in [0.05, 0.1) is 6.10 Å². The van der Waals surface area contributed by atoms with Gasteiger partial charge in [0.1, 0.15) is 0 Å². The van der Waals surface area contributed by atoms with Gasteiger partial charge in [-0.25, -0.2) is 0 Å². The summed E-state index contributed by atoms with van der Waals surface area (Å²) in [6, 6.07) is 0. The van der Waals surface area contributed by atoms with Crippen molar-refractivity contribution in [1.82, 2.24) is 0 Å². The van der Waals surface area contributed by atoms with E-state index < -0.39 is 0 Å². The van der Waals surface area contributed by atoms with Crippen molar-refractivity contribution < 1.29 is 4.74 Å². The third-order valence-electron chi connectivity index (χ3n) is 1.99. The van der Waals surface area contributed by atoms with Crippen LogP contribution in [0.15, 0.2) is 0 Å². The molecule has 1 heterocycles. The monoisotopic (exact) mass is 135 g/mol. The predicted molar refractivity (Wildman–Crippen MR) is 39.4 cm³/mol. The van der Waals surface area contributed by atoms with E-state index in [-0.39, 0.29) is 0 Å². The molecule has 0 spiro atoms. The van der Waals surface area contributed by atoms with Crippen molar-refractivity contribution in [3.8, 4) is 0 Å². The van der Waals surface area contributed by atoms with E-state index in [2.05, 4.69) is 25.7 Å². The van der Waals surface area contributed by atoms with E-state index in [4.69, 9.17) is 4.74 Å². The van der Waals surface area contributed by atoms with Crippen LogP contribution in [-0.2, 0) is 4.74 Å². The Morgan fingerprint density at radius 1 is 1.30 bits per heavy atom. The molecular formula is C9H11O. The third kappa shape index (κ3) is 1.20. The van der Waals surface area contributed by atoms with Crippen LogP contribution in [0, 0.1) is 31.6 Å². The zero-order valence-corrected chi connectivity index (χ0v) is 5.92. The molecule has 1 atom stereocenters. The molecule has 1 saturated heterocycles. The zero-order valence-electron chi connectivity index (χ0n) is 5.92. The lowest BCUT2D eigenvalue weighted by atomic mass is 9.99. The second kappa shape index (κ2) is 2.91. The molecule has 0 aromatic rings. The van der Waals surface area contributed by atoms with Crippen LogP contribution in [0.3, 0.4) is 0 Å². The molecule has 2 rings (SSSR count). The lowest BCUT2D eigenvalue weighted by molar-refractivity contribution is 0.127. The molecule has 1 aliphatic heterocycles. The van der Waals surface area contributed by atoms with Gasteiger partial charge < -0.3 is 4.74 Å². The highest BCUT2D eigenvalue weighted by Crippen LogP contribution is 2.32. The van der Waals surface area contributed by atoms with Gasteiger partial charge >= 0.3 is 0 Å². The van der Waals surface area contributed by atoms with Gasteiger partial charge in [-0.15, -0.1) is 0 Å². The molecule has 5 radical (unpaired) electrons. The highest BCUT2D eigenvalue weighted by Gasteiger charge is 2.29. The molecule has 2 fully saturated rings. The first kappa shape index (κ1) is 6.66. The number of ether oxygens (including phenoxy) is 1. The molecule has 1 nitrogen and oxygen atoms in total. The molecule has 1 saturated carbocycles. The molecule has 53 valence electrons. The second-order valence-corrected chi connectivity index (χ2v) is 2.72. The van der Waals surface area contributed by atoms with Crippen LogP contribution in [0.4, 0.5) is 0 Å². The highest BCUT2D eigenvalue weighted by atomic mass is 16.5. The van der Waals surface area contributed by atoms with Crippen molar-refractivity contribution in [3.63, 3.8) is 0 Å². The van der Waals surface area contributed by atoms with Gasteiger partial charge in [-0.2, -0.15) is 0 Å². The highest BCUT2D eigenvalue weighted by molar-refractivity contribution is 5.37. The molecule has 2 aliphatic rings. The Labute approximate surface area is 62.8 Å². The maximum atomic E-state index is 5.50. The Balaban J connectivity index is 1.85. The van der Waals surface area contributed by atoms with E-state index in [0.717, 1.165) is 6.61 Å². The summed E-state index contributed by atoms with van der Waals surface area (Å²) in [7, 11) is 0. The summed E-state index contributed by atoms with van der Waals surface area (Å²) < 4.78 is 5.50. The van der Waals surface area contributed by atoms with Crippen LogP contribution >= 0.6 is 0 Å². The maximum absolute atomic E-state index is 5.50. The lowest BCUT2D eigenvalue weighted by Crippen LogP contribution is -2.14. The quantitative estimate of drug-likeness (QED) is 0.530. The summed E-state index contributed by atoms with van der Waals surface area (Å²) in [4.78, 5) is 0. The minimum absolute atomic E-state index is 0.398. The van der Waals surface area contributed by atoms with Crippen molar-refractivity contribution in [2.75, 3.05) is 6.61 Å². The van der Waals surface area contributed by atoms with Gasteiger partial charge in [-0.05, 0) is 38.5 Å². The fourth-order valence-corrected chi connectivity index (χ4v) is 1.44. The van der Waals surface area contributed by atoms with Gasteiger partial charge in [0.15, 0.2) is 0 Å². The molecule has 1 unspecified atom stereocenters. The standard InChI is InChI=1S/C9H11O/c1-2-5-8(4-1)9-6-3-7-10-9/h1-2,4-5,9H,3,6-7H2. The number of hydrogen-bond acceptors (Lipinski definition) is 1.